The van der Waals surface area contributed by atoms with Gasteiger partial charge in [0, 0.05) is 35.9 Å². The third kappa shape index (κ3) is 6.10. The Morgan fingerprint density at radius 2 is 1.70 bits per heavy atom. The van der Waals surface area contributed by atoms with Crippen molar-refractivity contribution >= 4 is 33.3 Å². The van der Waals surface area contributed by atoms with Crippen LogP contribution >= 0.6 is 11.6 Å². The van der Waals surface area contributed by atoms with Crippen LogP contribution in [-0.4, -0.2) is 55.3 Å². The summed E-state index contributed by atoms with van der Waals surface area (Å²) in [6, 6.07) is 8.42. The van der Waals surface area contributed by atoms with Gasteiger partial charge in [0.15, 0.2) is 0 Å². The first kappa shape index (κ1) is 25.1. The van der Waals surface area contributed by atoms with Crippen LogP contribution in [0.4, 0.5) is 18.9 Å². The van der Waals surface area contributed by atoms with Crippen molar-refractivity contribution in [1.82, 2.24) is 4.31 Å². The summed E-state index contributed by atoms with van der Waals surface area (Å²) in [7, 11) is -3.99. The van der Waals surface area contributed by atoms with Gasteiger partial charge in [-0.15, -0.1) is 13.2 Å². The van der Waals surface area contributed by atoms with Gasteiger partial charge in [-0.3, -0.25) is 4.79 Å². The lowest BCUT2D eigenvalue weighted by atomic mass is 10.1. The molecule has 180 valence electrons. The van der Waals surface area contributed by atoms with Crippen LogP contribution < -0.4 is 9.64 Å². The Kier molecular flexibility index (Phi) is 7.15. The van der Waals surface area contributed by atoms with Crippen LogP contribution in [0.5, 0.6) is 5.75 Å². The van der Waals surface area contributed by atoms with E-state index in [1.54, 1.807) is 13.8 Å². The summed E-state index contributed by atoms with van der Waals surface area (Å²) in [6.45, 7) is 4.05. The van der Waals surface area contributed by atoms with Gasteiger partial charge in [-0.05, 0) is 61.9 Å². The smallest absolute Gasteiger partial charge is 0.481 e. The first-order valence-corrected chi connectivity index (χ1v) is 11.7. The quantitative estimate of drug-likeness (QED) is 0.633. The van der Waals surface area contributed by atoms with Crippen LogP contribution in [0, 0.1) is 0 Å². The topological polar surface area (TPSA) is 87.2 Å². The number of aliphatic carboxylic acids is 1. The molecule has 0 amide bonds. The lowest BCUT2D eigenvalue weighted by Crippen LogP contribution is -2.58. The molecule has 12 heteroatoms. The monoisotopic (exact) mass is 506 g/mol. The fourth-order valence-corrected chi connectivity index (χ4v) is 6.24. The van der Waals surface area contributed by atoms with Gasteiger partial charge in [0.2, 0.25) is 10.0 Å². The number of alkyl halides is 3. The predicted molar refractivity (Wildman–Crippen MR) is 116 cm³/mol. The fourth-order valence-electron chi connectivity index (χ4n) is 4.02. The van der Waals surface area contributed by atoms with Gasteiger partial charge in [0.25, 0.3) is 0 Å². The number of carboxylic acid groups (broad SMARTS) is 1. The van der Waals surface area contributed by atoms with Crippen molar-refractivity contribution in [3.05, 3.63) is 53.1 Å². The zero-order chi connectivity index (χ0) is 24.6. The van der Waals surface area contributed by atoms with Crippen molar-refractivity contribution in [2.75, 3.05) is 18.0 Å². The number of carboxylic acids is 1. The van der Waals surface area contributed by atoms with E-state index < -0.39 is 34.4 Å². The first-order chi connectivity index (χ1) is 15.3. The Bertz CT molecular complexity index is 1110. The van der Waals surface area contributed by atoms with Crippen molar-refractivity contribution in [2.24, 2.45) is 0 Å². The largest absolute Gasteiger partial charge is 0.573 e. The van der Waals surface area contributed by atoms with Gasteiger partial charge in [-0.2, -0.15) is 4.31 Å². The van der Waals surface area contributed by atoms with Gasteiger partial charge in [0.1, 0.15) is 5.75 Å². The second-order valence-corrected chi connectivity index (χ2v) is 10.1. The Morgan fingerprint density at radius 3 is 2.21 bits per heavy atom. The number of sulfonamides is 1. The molecule has 3 rings (SSSR count). The molecule has 1 heterocycles. The Hall–Kier alpha value is -2.50. The van der Waals surface area contributed by atoms with Gasteiger partial charge in [-0.1, -0.05) is 11.6 Å². The van der Waals surface area contributed by atoms with Gasteiger partial charge in [0.05, 0.1) is 11.3 Å². The summed E-state index contributed by atoms with van der Waals surface area (Å²) in [6.07, 6.45) is -5.15. The van der Waals surface area contributed by atoms with Crippen LogP contribution in [0.1, 0.15) is 19.4 Å². The van der Waals surface area contributed by atoms with E-state index in [1.165, 1.54) is 46.8 Å². The van der Waals surface area contributed by atoms with E-state index in [9.17, 15) is 26.4 Å². The minimum atomic E-state index is -4.78. The second-order valence-electron chi connectivity index (χ2n) is 7.85. The van der Waals surface area contributed by atoms with Crippen molar-refractivity contribution in [3.63, 3.8) is 0 Å². The normalized spacial score (nSPS) is 20.0. The van der Waals surface area contributed by atoms with E-state index in [0.29, 0.717) is 18.8 Å². The minimum Gasteiger partial charge on any atom is -0.481 e. The zero-order valence-corrected chi connectivity index (χ0v) is 19.3. The molecule has 2 aromatic carbocycles. The zero-order valence-electron chi connectivity index (χ0n) is 17.7. The second kappa shape index (κ2) is 9.40. The Morgan fingerprint density at radius 1 is 1.12 bits per heavy atom. The molecular formula is C21H22ClF3N2O5S. The lowest BCUT2D eigenvalue weighted by Gasteiger charge is -2.44. The van der Waals surface area contributed by atoms with E-state index in [0.717, 1.165) is 0 Å². The molecule has 1 N–H and O–H groups in total. The first-order valence-electron chi connectivity index (χ1n) is 9.92. The highest BCUT2D eigenvalue weighted by molar-refractivity contribution is 7.89. The summed E-state index contributed by atoms with van der Waals surface area (Å²) < 4.78 is 69.1. The molecule has 0 unspecified atom stereocenters. The van der Waals surface area contributed by atoms with E-state index in [-0.39, 0.29) is 27.7 Å². The van der Waals surface area contributed by atoms with Crippen LogP contribution in [0.15, 0.2) is 47.4 Å². The molecule has 1 fully saturated rings. The van der Waals surface area contributed by atoms with Crippen molar-refractivity contribution in [1.29, 1.82) is 0 Å². The predicted octanol–water partition coefficient (Wildman–Crippen LogP) is 4.15. The highest BCUT2D eigenvalue weighted by Gasteiger charge is 2.39. The molecule has 33 heavy (non-hydrogen) atoms. The van der Waals surface area contributed by atoms with Crippen molar-refractivity contribution < 1.29 is 36.2 Å². The van der Waals surface area contributed by atoms with Gasteiger partial charge < -0.3 is 14.7 Å². The molecule has 0 spiro atoms. The average molecular weight is 507 g/mol. The minimum absolute atomic E-state index is 0.0907. The molecule has 2 aromatic rings. The number of rotatable bonds is 6. The number of anilines is 1. The number of hydrogen-bond acceptors (Lipinski definition) is 5. The average Bonchev–Trinajstić information content (AvgIpc) is 2.65. The maximum Gasteiger partial charge on any atom is 0.573 e. The summed E-state index contributed by atoms with van der Waals surface area (Å²) in [4.78, 5) is 12.8. The number of halogens is 4. The molecule has 0 radical (unpaired) electrons. The molecule has 0 aromatic heterocycles. The summed E-state index contributed by atoms with van der Waals surface area (Å²) in [5.41, 5.74) is 0.903. The number of hydrogen-bond donors (Lipinski definition) is 1. The Balaban J connectivity index is 1.81. The Labute approximate surface area is 194 Å². The molecule has 2 atom stereocenters. The number of nitrogens with zero attached hydrogens (tertiary/aromatic N) is 2. The van der Waals surface area contributed by atoms with Crippen molar-refractivity contribution in [3.8, 4) is 5.75 Å². The SMILES string of the molecule is C[C@@H]1CN(c2ccc(OC(F)(F)F)cc2)C[C@H](C)N1S(=O)(=O)c1cc(Cl)cc(CC(=O)O)c1. The molecule has 1 aliphatic heterocycles. The van der Waals surface area contributed by atoms with Crippen molar-refractivity contribution in [2.45, 2.75) is 43.6 Å². The van der Waals surface area contributed by atoms with E-state index in [4.69, 9.17) is 16.7 Å². The fraction of sp³-hybridized carbons (Fsp3) is 0.381. The van der Waals surface area contributed by atoms with Gasteiger partial charge >= 0.3 is 12.3 Å². The standard InChI is InChI=1S/C21H22ClF3N2O5S/c1-13-11-26(17-3-5-18(6-4-17)32-21(23,24)25)12-14(2)27(13)33(30,31)19-8-15(9-20(28)29)7-16(22)10-19/h3-8,10,13-14H,9,11-12H2,1-2H3,(H,28,29)/t13-,14+. The third-order valence-electron chi connectivity index (χ3n) is 5.14. The molecule has 1 saturated heterocycles. The van der Waals surface area contributed by atoms with Crippen LogP contribution in [0.3, 0.4) is 0 Å². The van der Waals surface area contributed by atoms with Gasteiger partial charge in [-0.25, -0.2) is 8.42 Å². The van der Waals surface area contributed by atoms with Crippen LogP contribution in [0.25, 0.3) is 0 Å². The lowest BCUT2D eigenvalue weighted by molar-refractivity contribution is -0.274. The number of carbonyl (C=O) groups is 1. The summed E-state index contributed by atoms with van der Waals surface area (Å²) in [5.74, 6) is -1.45. The molecule has 0 aliphatic carbocycles. The van der Waals surface area contributed by atoms with E-state index in [2.05, 4.69) is 4.74 Å². The number of piperazine rings is 1. The molecule has 0 saturated carbocycles. The molecule has 1 aliphatic rings. The number of benzene rings is 2. The maximum atomic E-state index is 13.4. The molecular weight excluding hydrogens is 485 g/mol. The highest BCUT2D eigenvalue weighted by Crippen LogP contribution is 2.31. The van der Waals surface area contributed by atoms with Crippen LogP contribution in [0.2, 0.25) is 5.02 Å². The third-order valence-corrected chi connectivity index (χ3v) is 7.46. The number of ether oxygens (including phenoxy) is 1. The van der Waals surface area contributed by atoms with E-state index >= 15 is 0 Å². The maximum absolute atomic E-state index is 13.4. The summed E-state index contributed by atoms with van der Waals surface area (Å²) in [5, 5.41) is 9.14. The van der Waals surface area contributed by atoms with E-state index in [1.807, 2.05) is 4.90 Å². The summed E-state index contributed by atoms with van der Waals surface area (Å²) >= 11 is 6.04. The highest BCUT2D eigenvalue weighted by atomic mass is 35.5. The molecule has 0 bridgehead atoms. The molecule has 7 nitrogen and oxygen atoms in total. The van der Waals surface area contributed by atoms with Crippen LogP contribution in [-0.2, 0) is 21.2 Å².